The van der Waals surface area contributed by atoms with Crippen LogP contribution in [-0.2, 0) is 9.59 Å². The number of carboxylic acids is 1. The summed E-state index contributed by atoms with van der Waals surface area (Å²) in [5.74, 6) is -1.13. The maximum absolute atomic E-state index is 10.9. The van der Waals surface area contributed by atoms with Crippen LogP contribution in [-0.4, -0.2) is 29.4 Å². The van der Waals surface area contributed by atoms with Crippen molar-refractivity contribution < 1.29 is 44.3 Å². The van der Waals surface area contributed by atoms with Crippen LogP contribution in [0.15, 0.2) is 12.2 Å². The van der Waals surface area contributed by atoms with Crippen molar-refractivity contribution in [2.45, 2.75) is 19.9 Å². The molecular formula is C8H13NNaO3+. The SMILES string of the molecule is C=C(C)C(=O)CNC(C)C(=O)O.[Na+]. The van der Waals surface area contributed by atoms with Crippen LogP contribution in [0.5, 0.6) is 0 Å². The number of hydrogen-bond acceptors (Lipinski definition) is 3. The molecule has 0 spiro atoms. The van der Waals surface area contributed by atoms with Gasteiger partial charge in [0.1, 0.15) is 6.04 Å². The second kappa shape index (κ2) is 7.26. The molecule has 0 rings (SSSR count). The number of carbonyl (C=O) groups excluding carboxylic acids is 1. The molecule has 0 aliphatic rings. The molecule has 13 heavy (non-hydrogen) atoms. The number of hydrogen-bond donors (Lipinski definition) is 2. The van der Waals surface area contributed by atoms with Crippen molar-refractivity contribution in [2.75, 3.05) is 6.54 Å². The molecule has 0 aromatic carbocycles. The van der Waals surface area contributed by atoms with E-state index in [0.29, 0.717) is 5.57 Å². The molecule has 5 heteroatoms. The van der Waals surface area contributed by atoms with E-state index in [9.17, 15) is 9.59 Å². The van der Waals surface area contributed by atoms with E-state index in [1.54, 1.807) is 6.92 Å². The fraction of sp³-hybridized carbons (Fsp3) is 0.500. The third-order valence-corrected chi connectivity index (χ3v) is 1.42. The topological polar surface area (TPSA) is 66.4 Å². The molecule has 68 valence electrons. The average molecular weight is 194 g/mol. The number of carboxylic acid groups (broad SMARTS) is 1. The summed E-state index contributed by atoms with van der Waals surface area (Å²) >= 11 is 0. The van der Waals surface area contributed by atoms with Crippen molar-refractivity contribution in [2.24, 2.45) is 0 Å². The molecule has 0 aromatic rings. The van der Waals surface area contributed by atoms with Crippen LogP contribution in [0.1, 0.15) is 13.8 Å². The summed E-state index contributed by atoms with van der Waals surface area (Å²) in [7, 11) is 0. The van der Waals surface area contributed by atoms with Gasteiger partial charge < -0.3 is 5.11 Å². The molecule has 1 atom stereocenters. The predicted octanol–water partition coefficient (Wildman–Crippen LogP) is -2.80. The molecule has 0 heterocycles. The van der Waals surface area contributed by atoms with Crippen LogP contribution in [0.25, 0.3) is 0 Å². The molecule has 0 aliphatic carbocycles. The first-order valence-electron chi connectivity index (χ1n) is 3.60. The Morgan fingerprint density at radius 2 is 2.00 bits per heavy atom. The molecule has 0 aliphatic heterocycles. The van der Waals surface area contributed by atoms with E-state index in [2.05, 4.69) is 11.9 Å². The standard InChI is InChI=1S/C8H13NO3.Na/c1-5(2)7(10)4-9-6(3)8(11)12;/h6,9H,1,4H2,2-3H3,(H,11,12);/q;+1. The summed E-state index contributed by atoms with van der Waals surface area (Å²) < 4.78 is 0. The van der Waals surface area contributed by atoms with Crippen LogP contribution in [0.3, 0.4) is 0 Å². The smallest absolute Gasteiger partial charge is 0.480 e. The van der Waals surface area contributed by atoms with E-state index >= 15 is 0 Å². The fourth-order valence-electron chi connectivity index (χ4n) is 0.484. The van der Waals surface area contributed by atoms with Gasteiger partial charge in [-0.05, 0) is 19.4 Å². The van der Waals surface area contributed by atoms with Crippen molar-refractivity contribution in [1.29, 1.82) is 0 Å². The van der Waals surface area contributed by atoms with Gasteiger partial charge >= 0.3 is 35.5 Å². The Hall–Kier alpha value is -0.160. The van der Waals surface area contributed by atoms with Crippen molar-refractivity contribution in [3.05, 3.63) is 12.2 Å². The second-order valence-corrected chi connectivity index (χ2v) is 2.64. The third-order valence-electron chi connectivity index (χ3n) is 1.42. The zero-order chi connectivity index (χ0) is 9.72. The van der Waals surface area contributed by atoms with Gasteiger partial charge in [0, 0.05) is 0 Å². The zero-order valence-corrected chi connectivity index (χ0v) is 10.3. The van der Waals surface area contributed by atoms with Gasteiger partial charge in [0.15, 0.2) is 5.78 Å². The van der Waals surface area contributed by atoms with Crippen LogP contribution < -0.4 is 34.9 Å². The maximum Gasteiger partial charge on any atom is 1.00 e. The van der Waals surface area contributed by atoms with Gasteiger partial charge in [-0.1, -0.05) is 6.58 Å². The molecule has 2 N–H and O–H groups in total. The van der Waals surface area contributed by atoms with Gasteiger partial charge in [0.2, 0.25) is 0 Å². The second-order valence-electron chi connectivity index (χ2n) is 2.64. The summed E-state index contributed by atoms with van der Waals surface area (Å²) in [5, 5.41) is 11.0. The number of aliphatic carboxylic acids is 1. The zero-order valence-electron chi connectivity index (χ0n) is 8.26. The summed E-state index contributed by atoms with van der Waals surface area (Å²) in [6.07, 6.45) is 0. The largest absolute Gasteiger partial charge is 1.00 e. The van der Waals surface area contributed by atoms with Gasteiger partial charge in [0.25, 0.3) is 0 Å². The molecule has 0 aromatic heterocycles. The first-order valence-corrected chi connectivity index (χ1v) is 3.60. The minimum absolute atomic E-state index is 0. The van der Waals surface area contributed by atoms with Gasteiger partial charge in [-0.3, -0.25) is 14.9 Å². The minimum atomic E-state index is -0.968. The molecule has 1 unspecified atom stereocenters. The molecule has 0 saturated heterocycles. The fourth-order valence-corrected chi connectivity index (χ4v) is 0.484. The minimum Gasteiger partial charge on any atom is -0.480 e. The van der Waals surface area contributed by atoms with Crippen LogP contribution in [0.2, 0.25) is 0 Å². The first-order chi connectivity index (χ1) is 5.45. The van der Waals surface area contributed by atoms with Gasteiger partial charge in [-0.15, -0.1) is 0 Å². The Morgan fingerprint density at radius 3 is 2.31 bits per heavy atom. The summed E-state index contributed by atoms with van der Waals surface area (Å²) in [6.45, 7) is 6.54. The molecule has 4 nitrogen and oxygen atoms in total. The Kier molecular flexibility index (Phi) is 8.56. The monoisotopic (exact) mass is 194 g/mol. The van der Waals surface area contributed by atoms with Gasteiger partial charge in [-0.25, -0.2) is 0 Å². The van der Waals surface area contributed by atoms with Gasteiger partial charge in [-0.2, -0.15) is 0 Å². The number of carbonyl (C=O) groups is 2. The molecule has 0 fully saturated rings. The first kappa shape index (κ1) is 15.3. The van der Waals surface area contributed by atoms with E-state index < -0.39 is 12.0 Å². The molecular weight excluding hydrogens is 181 g/mol. The number of nitrogens with one attached hydrogen (secondary N) is 1. The van der Waals surface area contributed by atoms with Crippen LogP contribution >= 0.6 is 0 Å². The third kappa shape index (κ3) is 6.95. The van der Waals surface area contributed by atoms with Crippen LogP contribution in [0, 0.1) is 0 Å². The number of ketones is 1. The number of rotatable bonds is 5. The van der Waals surface area contributed by atoms with Crippen molar-refractivity contribution >= 4 is 11.8 Å². The maximum atomic E-state index is 10.9. The quantitative estimate of drug-likeness (QED) is 0.366. The normalized spacial score (nSPS) is 11.2. The van der Waals surface area contributed by atoms with Crippen molar-refractivity contribution in [1.82, 2.24) is 5.32 Å². The average Bonchev–Trinajstić information content (AvgIpc) is 1.98. The predicted molar refractivity (Wildman–Crippen MR) is 44.9 cm³/mol. The molecule has 0 bridgehead atoms. The summed E-state index contributed by atoms with van der Waals surface area (Å²) in [4.78, 5) is 21.2. The Labute approximate surface area is 99.7 Å². The van der Waals surface area contributed by atoms with E-state index in [1.807, 2.05) is 0 Å². The molecule has 0 saturated carbocycles. The summed E-state index contributed by atoms with van der Waals surface area (Å²) in [5.41, 5.74) is 0.431. The number of Topliss-reactive ketones (excluding diaryl/α,β-unsaturated/α-hetero) is 1. The van der Waals surface area contributed by atoms with E-state index in [1.165, 1.54) is 6.92 Å². The van der Waals surface area contributed by atoms with E-state index in [0.717, 1.165) is 0 Å². The van der Waals surface area contributed by atoms with Crippen molar-refractivity contribution in [3.63, 3.8) is 0 Å². The van der Waals surface area contributed by atoms with Gasteiger partial charge in [0.05, 0.1) is 6.54 Å². The van der Waals surface area contributed by atoms with E-state index in [-0.39, 0.29) is 41.9 Å². The van der Waals surface area contributed by atoms with Crippen LogP contribution in [0.4, 0.5) is 0 Å². The Balaban J connectivity index is 0. The van der Waals surface area contributed by atoms with E-state index in [4.69, 9.17) is 5.11 Å². The summed E-state index contributed by atoms with van der Waals surface area (Å²) in [6, 6.07) is -0.701. The van der Waals surface area contributed by atoms with Crippen molar-refractivity contribution in [3.8, 4) is 0 Å². The Bertz CT molecular complexity index is 215. The molecule has 0 radical (unpaired) electrons. The molecule has 0 amide bonds. The Morgan fingerprint density at radius 1 is 1.54 bits per heavy atom.